The number of hydrogen-bond donors (Lipinski definition) is 0. The van der Waals surface area contributed by atoms with Gasteiger partial charge in [-0.1, -0.05) is 237 Å². The summed E-state index contributed by atoms with van der Waals surface area (Å²) >= 11 is 0. The van der Waals surface area contributed by atoms with Crippen LogP contribution in [0.1, 0.15) is 44.5 Å². The predicted octanol–water partition coefficient (Wildman–Crippen LogP) is 20.5. The zero-order chi connectivity index (χ0) is 54.4. The smallest absolute Gasteiger partial charge is 0.135 e. The molecule has 3 nitrogen and oxygen atoms in total. The summed E-state index contributed by atoms with van der Waals surface area (Å²) in [6.45, 7) is 0. The van der Waals surface area contributed by atoms with Crippen LogP contribution in [-0.2, 0) is 10.8 Å². The Kier molecular flexibility index (Phi) is 9.64. The van der Waals surface area contributed by atoms with Crippen molar-refractivity contribution in [2.75, 3.05) is 4.90 Å². The fraction of sp³-hybridized carbons (Fsp3) is 0.0250. The molecule has 0 fully saturated rings. The summed E-state index contributed by atoms with van der Waals surface area (Å²) in [5.41, 5.74) is 27.7. The number of anilines is 3. The molecule has 0 amide bonds. The molecular formula is C80H50N2O. The second-order valence-electron chi connectivity index (χ2n) is 22.6. The van der Waals surface area contributed by atoms with E-state index in [0.717, 1.165) is 55.7 Å². The molecule has 13 aromatic carbocycles. The molecule has 0 N–H and O–H groups in total. The van der Waals surface area contributed by atoms with Crippen molar-refractivity contribution >= 4 is 60.8 Å². The first-order chi connectivity index (χ1) is 41.2. The molecule has 0 saturated heterocycles. The molecule has 15 aromatic rings. The molecule has 18 rings (SSSR count). The van der Waals surface area contributed by atoms with Gasteiger partial charge in [0.2, 0.25) is 0 Å². The van der Waals surface area contributed by atoms with Crippen LogP contribution in [0.15, 0.2) is 308 Å². The van der Waals surface area contributed by atoms with Gasteiger partial charge in [0, 0.05) is 38.5 Å². The number of fused-ring (bicyclic) bond motifs is 18. The number of para-hydroxylation sites is 4. The lowest BCUT2D eigenvalue weighted by atomic mass is 9.65. The highest BCUT2D eigenvalue weighted by atomic mass is 16.3. The van der Waals surface area contributed by atoms with Crippen molar-refractivity contribution in [1.82, 2.24) is 4.57 Å². The van der Waals surface area contributed by atoms with Crippen LogP contribution in [0.4, 0.5) is 17.1 Å². The maximum atomic E-state index is 6.26. The summed E-state index contributed by atoms with van der Waals surface area (Å²) in [6, 6.07) is 113. The van der Waals surface area contributed by atoms with Gasteiger partial charge in [-0.25, -0.2) is 0 Å². The number of benzene rings is 13. The lowest BCUT2D eigenvalue weighted by Gasteiger charge is -2.39. The Labute approximate surface area is 480 Å². The highest BCUT2D eigenvalue weighted by Crippen LogP contribution is 2.63. The van der Waals surface area contributed by atoms with Gasteiger partial charge in [0.1, 0.15) is 11.2 Å². The fourth-order valence-corrected chi connectivity index (χ4v) is 15.3. The first-order valence-electron chi connectivity index (χ1n) is 28.8. The third-order valence-corrected chi connectivity index (χ3v) is 18.7. The molecule has 0 bridgehead atoms. The number of nitrogens with zero attached hydrogens (tertiary/aromatic N) is 2. The number of furan rings is 1. The zero-order valence-electron chi connectivity index (χ0n) is 45.2. The maximum absolute atomic E-state index is 6.26. The summed E-state index contributed by atoms with van der Waals surface area (Å²) in [5.74, 6) is 0. The first-order valence-corrected chi connectivity index (χ1v) is 28.8. The molecule has 3 aliphatic rings. The van der Waals surface area contributed by atoms with Crippen LogP contribution in [-0.4, -0.2) is 4.57 Å². The number of aromatic nitrogens is 1. The average Bonchev–Trinajstić information content (AvgIpc) is 1.60. The second-order valence-corrected chi connectivity index (χ2v) is 22.6. The van der Waals surface area contributed by atoms with E-state index in [4.69, 9.17) is 4.42 Å². The van der Waals surface area contributed by atoms with Crippen molar-refractivity contribution in [1.29, 1.82) is 0 Å². The molecule has 2 aliphatic carbocycles. The molecule has 0 saturated carbocycles. The van der Waals surface area contributed by atoms with Crippen LogP contribution in [0.25, 0.3) is 93.9 Å². The zero-order valence-corrected chi connectivity index (χ0v) is 45.2. The maximum Gasteiger partial charge on any atom is 0.135 e. The van der Waals surface area contributed by atoms with E-state index < -0.39 is 10.8 Å². The summed E-state index contributed by atoms with van der Waals surface area (Å²) in [7, 11) is 0. The van der Waals surface area contributed by atoms with Crippen LogP contribution in [0.2, 0.25) is 0 Å². The van der Waals surface area contributed by atoms with E-state index in [-0.39, 0.29) is 0 Å². The van der Waals surface area contributed by atoms with Gasteiger partial charge in [-0.3, -0.25) is 0 Å². The van der Waals surface area contributed by atoms with Crippen LogP contribution in [0.5, 0.6) is 0 Å². The minimum atomic E-state index is -0.550. The molecule has 83 heavy (non-hydrogen) atoms. The van der Waals surface area contributed by atoms with E-state index in [2.05, 4.69) is 301 Å². The Hall–Kier alpha value is -10.7. The van der Waals surface area contributed by atoms with Crippen LogP contribution in [0.3, 0.4) is 0 Å². The Morgan fingerprint density at radius 3 is 1.57 bits per heavy atom. The van der Waals surface area contributed by atoms with E-state index in [9.17, 15) is 0 Å². The molecule has 1 atom stereocenters. The Bertz CT molecular complexity index is 5110. The lowest BCUT2D eigenvalue weighted by Crippen LogP contribution is -2.33. The van der Waals surface area contributed by atoms with E-state index in [1.54, 1.807) is 0 Å². The fourth-order valence-electron chi connectivity index (χ4n) is 15.3. The van der Waals surface area contributed by atoms with Gasteiger partial charge in [-0.2, -0.15) is 0 Å². The second kappa shape index (κ2) is 17.4. The minimum absolute atomic E-state index is 0.540. The van der Waals surface area contributed by atoms with E-state index >= 15 is 0 Å². The average molecular weight is 1060 g/mol. The van der Waals surface area contributed by atoms with Crippen molar-refractivity contribution in [3.63, 3.8) is 0 Å². The lowest BCUT2D eigenvalue weighted by molar-refractivity contribution is 0.669. The predicted molar refractivity (Wildman–Crippen MR) is 342 cm³/mol. The third kappa shape index (κ3) is 6.23. The van der Waals surface area contributed by atoms with Gasteiger partial charge in [-0.15, -0.1) is 0 Å². The van der Waals surface area contributed by atoms with Crippen LogP contribution in [0, 0.1) is 0 Å². The van der Waals surface area contributed by atoms with Crippen LogP contribution < -0.4 is 4.90 Å². The molecule has 3 heteroatoms. The van der Waals surface area contributed by atoms with Crippen molar-refractivity contribution in [2.24, 2.45) is 0 Å². The number of hydrogen-bond acceptors (Lipinski definition) is 2. The van der Waals surface area contributed by atoms with Crippen LogP contribution >= 0.6 is 0 Å². The van der Waals surface area contributed by atoms with E-state index in [1.165, 1.54) is 99.8 Å². The molecule has 3 heterocycles. The summed E-state index contributed by atoms with van der Waals surface area (Å²) in [5, 5.41) is 4.81. The topological polar surface area (TPSA) is 21.3 Å². The van der Waals surface area contributed by atoms with E-state index in [0.29, 0.717) is 0 Å². The molecular weight excluding hydrogens is 1000 g/mol. The highest BCUT2D eigenvalue weighted by Gasteiger charge is 2.51. The molecule has 1 aliphatic heterocycles. The van der Waals surface area contributed by atoms with Gasteiger partial charge in [-0.05, 0) is 150 Å². The van der Waals surface area contributed by atoms with Gasteiger partial charge in [0.25, 0.3) is 0 Å². The molecule has 1 spiro atoms. The quantitative estimate of drug-likeness (QED) is 0.159. The minimum Gasteiger partial charge on any atom is -0.456 e. The van der Waals surface area contributed by atoms with Gasteiger partial charge in [0.15, 0.2) is 0 Å². The Morgan fingerprint density at radius 1 is 0.301 bits per heavy atom. The normalized spacial score (nSPS) is 14.9. The SMILES string of the molecule is c1ccc(C2(c3ccccc3)c3ccccc3-c3c(N(c4ccc(-c5ccc6c(c5)C5(c7ccccc7-6)c6ccccc6-n6c7ccccc7c7cccc5c76)cc4)c4ccc(-c5ccc6oc7ccccc7c6c5)cc4)cccc32)cc1. The summed E-state index contributed by atoms with van der Waals surface area (Å²) in [4.78, 5) is 2.48. The van der Waals surface area contributed by atoms with Gasteiger partial charge < -0.3 is 13.9 Å². The van der Waals surface area contributed by atoms with Crippen molar-refractivity contribution < 1.29 is 4.42 Å². The highest BCUT2D eigenvalue weighted by molar-refractivity contribution is 6.13. The first kappa shape index (κ1) is 46.1. The van der Waals surface area contributed by atoms with Crippen molar-refractivity contribution in [3.05, 3.63) is 348 Å². The van der Waals surface area contributed by atoms with Crippen molar-refractivity contribution in [2.45, 2.75) is 10.8 Å². The molecule has 386 valence electrons. The standard InChI is InChI=1S/C80H50N2O/c1-3-19-55(20-4-1)79(56-21-5-2-6-22-56)67-29-12-8-26-64(67)77-69(79)31-18-35-74(77)81(57-43-37-51(38-44-57)53-42-48-76-65(49-53)62-25-10-16-36-75(62)83-76)58-45-39-52(40-46-58)54-41-47-60-59-23-7-11-28-66(59)80(71(60)50-54)68-30-13-15-34-73(68)82-72-33-14-9-24-61(72)63-27-17-32-70(80)78(63)82/h1-50H. The number of rotatable bonds is 7. The molecule has 2 aromatic heterocycles. The largest absolute Gasteiger partial charge is 0.456 e. The molecule has 0 radical (unpaired) electrons. The third-order valence-electron chi connectivity index (χ3n) is 18.7. The summed E-state index contributed by atoms with van der Waals surface area (Å²) in [6.07, 6.45) is 0. The molecule has 1 unspecified atom stereocenters. The summed E-state index contributed by atoms with van der Waals surface area (Å²) < 4.78 is 8.78. The van der Waals surface area contributed by atoms with E-state index in [1.807, 2.05) is 12.1 Å². The Morgan fingerprint density at radius 2 is 0.819 bits per heavy atom. The Balaban J connectivity index is 0.820. The van der Waals surface area contributed by atoms with Gasteiger partial charge in [0.05, 0.1) is 33.2 Å². The van der Waals surface area contributed by atoms with Gasteiger partial charge >= 0.3 is 0 Å². The monoisotopic (exact) mass is 1050 g/mol. The van der Waals surface area contributed by atoms with Crippen molar-refractivity contribution in [3.8, 4) is 50.2 Å².